The van der Waals surface area contributed by atoms with E-state index >= 15 is 0 Å². The SMILES string of the molecule is CC(C)C(CO)N(CC(=O)N1CCN(C)CC1)Cc1ccccc1. The number of piperazine rings is 1. The number of carbonyl (C=O) groups excluding carboxylic acids is 1. The Morgan fingerprint density at radius 2 is 1.79 bits per heavy atom. The first-order valence-electron chi connectivity index (χ1n) is 8.86. The van der Waals surface area contributed by atoms with Gasteiger partial charge in [-0.1, -0.05) is 44.2 Å². The van der Waals surface area contributed by atoms with E-state index in [1.807, 2.05) is 23.1 Å². The van der Waals surface area contributed by atoms with E-state index in [0.29, 0.717) is 19.0 Å². The zero-order valence-electron chi connectivity index (χ0n) is 15.2. The van der Waals surface area contributed by atoms with Crippen LogP contribution in [0.2, 0.25) is 0 Å². The summed E-state index contributed by atoms with van der Waals surface area (Å²) in [4.78, 5) is 19.1. The standard InChI is InChI=1S/C19H31N3O2/c1-16(2)18(15-23)22(13-17-7-5-4-6-8-17)14-19(24)21-11-9-20(3)10-12-21/h4-8,16,18,23H,9-15H2,1-3H3. The van der Waals surface area contributed by atoms with Crippen molar-refractivity contribution in [3.8, 4) is 0 Å². The molecular weight excluding hydrogens is 302 g/mol. The third-order valence-corrected chi connectivity index (χ3v) is 4.85. The Hall–Kier alpha value is -1.43. The van der Waals surface area contributed by atoms with Crippen LogP contribution in [0.5, 0.6) is 0 Å². The fraction of sp³-hybridized carbons (Fsp3) is 0.632. The Morgan fingerprint density at radius 3 is 2.33 bits per heavy atom. The Kier molecular flexibility index (Phi) is 7.21. The molecular formula is C19H31N3O2. The topological polar surface area (TPSA) is 47.0 Å². The van der Waals surface area contributed by atoms with Crippen LogP contribution in [0.4, 0.5) is 0 Å². The van der Waals surface area contributed by atoms with Gasteiger partial charge in [0, 0.05) is 38.8 Å². The maximum Gasteiger partial charge on any atom is 0.236 e. The molecule has 0 saturated carbocycles. The van der Waals surface area contributed by atoms with Gasteiger partial charge in [-0.15, -0.1) is 0 Å². The molecule has 1 fully saturated rings. The van der Waals surface area contributed by atoms with Gasteiger partial charge < -0.3 is 14.9 Å². The van der Waals surface area contributed by atoms with Crippen molar-refractivity contribution in [1.82, 2.24) is 14.7 Å². The first-order chi connectivity index (χ1) is 11.5. The molecule has 1 aliphatic rings. The van der Waals surface area contributed by atoms with Crippen LogP contribution in [-0.2, 0) is 11.3 Å². The average molecular weight is 333 g/mol. The highest BCUT2D eigenvalue weighted by atomic mass is 16.3. The summed E-state index contributed by atoms with van der Waals surface area (Å²) in [6.07, 6.45) is 0. The summed E-state index contributed by atoms with van der Waals surface area (Å²) in [5.41, 5.74) is 1.17. The second kappa shape index (κ2) is 9.16. The van der Waals surface area contributed by atoms with Crippen molar-refractivity contribution in [1.29, 1.82) is 0 Å². The largest absolute Gasteiger partial charge is 0.395 e. The molecule has 5 heteroatoms. The molecule has 0 aliphatic carbocycles. The molecule has 1 heterocycles. The van der Waals surface area contributed by atoms with Gasteiger partial charge in [0.1, 0.15) is 0 Å². The van der Waals surface area contributed by atoms with Crippen LogP contribution in [0, 0.1) is 5.92 Å². The van der Waals surface area contributed by atoms with E-state index in [1.54, 1.807) is 0 Å². The van der Waals surface area contributed by atoms with Crippen LogP contribution >= 0.6 is 0 Å². The smallest absolute Gasteiger partial charge is 0.236 e. The van der Waals surface area contributed by atoms with Gasteiger partial charge >= 0.3 is 0 Å². The van der Waals surface area contributed by atoms with E-state index in [1.165, 1.54) is 5.56 Å². The molecule has 1 aromatic carbocycles. The summed E-state index contributed by atoms with van der Waals surface area (Å²) >= 11 is 0. The van der Waals surface area contributed by atoms with E-state index in [4.69, 9.17) is 0 Å². The highest BCUT2D eigenvalue weighted by Gasteiger charge is 2.26. The lowest BCUT2D eigenvalue weighted by Gasteiger charge is -2.37. The van der Waals surface area contributed by atoms with Crippen LogP contribution in [-0.4, -0.2) is 78.1 Å². The van der Waals surface area contributed by atoms with Crippen LogP contribution in [0.1, 0.15) is 19.4 Å². The number of amides is 1. The van der Waals surface area contributed by atoms with Crippen LogP contribution in [0.25, 0.3) is 0 Å². The lowest BCUT2D eigenvalue weighted by molar-refractivity contribution is -0.135. The molecule has 0 aromatic heterocycles. The van der Waals surface area contributed by atoms with E-state index in [2.05, 4.69) is 42.8 Å². The Labute approximate surface area is 145 Å². The molecule has 1 atom stereocenters. The number of aliphatic hydroxyl groups is 1. The van der Waals surface area contributed by atoms with Crippen molar-refractivity contribution in [2.24, 2.45) is 5.92 Å². The Balaban J connectivity index is 2.05. The normalized spacial score (nSPS) is 17.5. The summed E-state index contributed by atoms with van der Waals surface area (Å²) in [7, 11) is 2.09. The molecule has 1 aromatic rings. The van der Waals surface area contributed by atoms with Crippen molar-refractivity contribution in [2.45, 2.75) is 26.4 Å². The number of carbonyl (C=O) groups is 1. The van der Waals surface area contributed by atoms with Crippen molar-refractivity contribution < 1.29 is 9.90 Å². The first-order valence-corrected chi connectivity index (χ1v) is 8.86. The van der Waals surface area contributed by atoms with Crippen molar-refractivity contribution in [3.63, 3.8) is 0 Å². The number of nitrogens with zero attached hydrogens (tertiary/aromatic N) is 3. The fourth-order valence-electron chi connectivity index (χ4n) is 3.19. The third-order valence-electron chi connectivity index (χ3n) is 4.85. The lowest BCUT2D eigenvalue weighted by atomic mass is 10.0. The molecule has 2 rings (SSSR count). The fourth-order valence-corrected chi connectivity index (χ4v) is 3.19. The number of hydrogen-bond acceptors (Lipinski definition) is 4. The van der Waals surface area contributed by atoms with E-state index in [0.717, 1.165) is 26.2 Å². The number of hydrogen-bond donors (Lipinski definition) is 1. The molecule has 1 unspecified atom stereocenters. The second-order valence-electron chi connectivity index (χ2n) is 7.07. The van der Waals surface area contributed by atoms with Crippen molar-refractivity contribution in [2.75, 3.05) is 46.4 Å². The molecule has 0 spiro atoms. The van der Waals surface area contributed by atoms with E-state index in [9.17, 15) is 9.90 Å². The maximum absolute atomic E-state index is 12.7. The van der Waals surface area contributed by atoms with E-state index < -0.39 is 0 Å². The summed E-state index contributed by atoms with van der Waals surface area (Å²) in [6.45, 7) is 8.75. The number of rotatable bonds is 7. The van der Waals surface area contributed by atoms with Crippen molar-refractivity contribution >= 4 is 5.91 Å². The molecule has 1 aliphatic heterocycles. The Bertz CT molecular complexity index is 499. The van der Waals surface area contributed by atoms with Gasteiger partial charge in [0.15, 0.2) is 0 Å². The van der Waals surface area contributed by atoms with Gasteiger partial charge in [0.25, 0.3) is 0 Å². The summed E-state index contributed by atoms with van der Waals surface area (Å²) < 4.78 is 0. The predicted octanol–water partition coefficient (Wildman–Crippen LogP) is 1.28. The van der Waals surface area contributed by atoms with Gasteiger partial charge in [0.05, 0.1) is 13.2 Å². The minimum Gasteiger partial charge on any atom is -0.395 e. The third kappa shape index (κ3) is 5.30. The van der Waals surface area contributed by atoms with Crippen LogP contribution in [0.15, 0.2) is 30.3 Å². The van der Waals surface area contributed by atoms with Crippen LogP contribution < -0.4 is 0 Å². The summed E-state index contributed by atoms with van der Waals surface area (Å²) in [6, 6.07) is 10.2. The second-order valence-corrected chi connectivity index (χ2v) is 7.07. The first kappa shape index (κ1) is 18.9. The predicted molar refractivity (Wildman–Crippen MR) is 96.6 cm³/mol. The van der Waals surface area contributed by atoms with Gasteiger partial charge in [-0.3, -0.25) is 9.69 Å². The summed E-state index contributed by atoms with van der Waals surface area (Å²) in [5, 5.41) is 9.83. The number of benzene rings is 1. The van der Waals surface area contributed by atoms with Gasteiger partial charge in [-0.25, -0.2) is 0 Å². The molecule has 1 amide bonds. The quantitative estimate of drug-likeness (QED) is 0.817. The molecule has 5 nitrogen and oxygen atoms in total. The number of likely N-dealkylation sites (N-methyl/N-ethyl adjacent to an activating group) is 1. The van der Waals surface area contributed by atoms with E-state index in [-0.39, 0.29) is 18.6 Å². The lowest BCUT2D eigenvalue weighted by Crippen LogP contribution is -2.52. The molecule has 1 saturated heterocycles. The maximum atomic E-state index is 12.7. The number of aliphatic hydroxyl groups excluding tert-OH is 1. The molecule has 1 N–H and O–H groups in total. The molecule has 0 radical (unpaired) electrons. The van der Waals surface area contributed by atoms with Gasteiger partial charge in [0.2, 0.25) is 5.91 Å². The zero-order valence-corrected chi connectivity index (χ0v) is 15.2. The monoisotopic (exact) mass is 333 g/mol. The zero-order chi connectivity index (χ0) is 17.5. The molecule has 0 bridgehead atoms. The van der Waals surface area contributed by atoms with Gasteiger partial charge in [-0.05, 0) is 18.5 Å². The minimum absolute atomic E-state index is 0.0124. The van der Waals surface area contributed by atoms with Crippen molar-refractivity contribution in [3.05, 3.63) is 35.9 Å². The molecule has 24 heavy (non-hydrogen) atoms. The van der Waals surface area contributed by atoms with Crippen LogP contribution in [0.3, 0.4) is 0 Å². The Morgan fingerprint density at radius 1 is 1.17 bits per heavy atom. The minimum atomic E-state index is -0.0124. The summed E-state index contributed by atoms with van der Waals surface area (Å²) in [5.74, 6) is 0.456. The average Bonchev–Trinajstić information content (AvgIpc) is 2.56. The molecule has 134 valence electrons. The highest BCUT2D eigenvalue weighted by Crippen LogP contribution is 2.15. The van der Waals surface area contributed by atoms with Gasteiger partial charge in [-0.2, -0.15) is 0 Å². The highest BCUT2D eigenvalue weighted by molar-refractivity contribution is 5.78.